The number of halogens is 1. The van der Waals surface area contributed by atoms with Crippen molar-refractivity contribution in [3.8, 4) is 0 Å². The van der Waals surface area contributed by atoms with E-state index in [9.17, 15) is 4.79 Å². The number of hydrogen-bond acceptors (Lipinski definition) is 3. The third kappa shape index (κ3) is 3.03. The number of benzene rings is 1. The van der Waals surface area contributed by atoms with Crippen LogP contribution in [0.5, 0.6) is 0 Å². The zero-order chi connectivity index (χ0) is 15.7. The Morgan fingerprint density at radius 2 is 1.95 bits per heavy atom. The van der Waals surface area contributed by atoms with Crippen molar-refractivity contribution in [2.24, 2.45) is 0 Å². The van der Waals surface area contributed by atoms with Gasteiger partial charge in [0.2, 0.25) is 0 Å². The average molecular weight is 335 g/mol. The second kappa shape index (κ2) is 6.39. The van der Waals surface area contributed by atoms with Crippen LogP contribution in [0.2, 0.25) is 5.02 Å². The van der Waals surface area contributed by atoms with Gasteiger partial charge in [-0.05, 0) is 38.8 Å². The molecule has 116 valence electrons. The molecule has 1 fully saturated rings. The molecule has 0 unspecified atom stereocenters. The lowest BCUT2D eigenvalue weighted by molar-refractivity contribution is 0.0713. The van der Waals surface area contributed by atoms with Crippen molar-refractivity contribution in [2.45, 2.75) is 32.6 Å². The van der Waals surface area contributed by atoms with Crippen molar-refractivity contribution in [2.75, 3.05) is 13.1 Å². The number of carbonyl (C=O) groups is 1. The van der Waals surface area contributed by atoms with Gasteiger partial charge in [0.1, 0.15) is 0 Å². The number of hydrogen-bond donors (Lipinski definition) is 0. The molecule has 0 radical (unpaired) electrons. The first-order chi connectivity index (χ1) is 10.6. The largest absolute Gasteiger partial charge is 0.339 e. The molecule has 2 aromatic rings. The molecule has 2 heterocycles. The molecule has 0 atom stereocenters. The van der Waals surface area contributed by atoms with Crippen LogP contribution in [0.3, 0.4) is 0 Å². The smallest absolute Gasteiger partial charge is 0.255 e. The van der Waals surface area contributed by atoms with Crippen LogP contribution >= 0.6 is 22.9 Å². The molecule has 1 amide bonds. The fourth-order valence-electron chi connectivity index (χ4n) is 2.81. The second-order valence-corrected chi connectivity index (χ2v) is 7.38. The van der Waals surface area contributed by atoms with Gasteiger partial charge in [0.15, 0.2) is 0 Å². The first-order valence-electron chi connectivity index (χ1n) is 7.54. The Morgan fingerprint density at radius 3 is 2.55 bits per heavy atom. The van der Waals surface area contributed by atoms with E-state index in [1.54, 1.807) is 23.5 Å². The van der Waals surface area contributed by atoms with Crippen molar-refractivity contribution in [3.63, 3.8) is 0 Å². The minimum Gasteiger partial charge on any atom is -0.339 e. The Balaban J connectivity index is 1.67. The number of rotatable bonds is 2. The van der Waals surface area contributed by atoms with Crippen LogP contribution in [0, 0.1) is 13.8 Å². The van der Waals surface area contributed by atoms with Crippen LogP contribution < -0.4 is 0 Å². The standard InChI is InChI=1S/C17H19ClN2OS/c1-11-12(2)22-16(19-11)13-7-9-20(10-8-13)17(21)14-5-3-4-6-15(14)18/h3-6,13H,7-10H2,1-2H3. The van der Waals surface area contributed by atoms with Gasteiger partial charge in [-0.1, -0.05) is 23.7 Å². The highest BCUT2D eigenvalue weighted by atomic mass is 35.5. The van der Waals surface area contributed by atoms with Gasteiger partial charge in [-0.3, -0.25) is 4.79 Å². The van der Waals surface area contributed by atoms with Gasteiger partial charge in [0.25, 0.3) is 5.91 Å². The van der Waals surface area contributed by atoms with E-state index in [2.05, 4.69) is 18.8 Å². The zero-order valence-corrected chi connectivity index (χ0v) is 14.4. The highest BCUT2D eigenvalue weighted by Crippen LogP contribution is 2.33. The Labute approximate surface area is 139 Å². The SMILES string of the molecule is Cc1nc(C2CCN(C(=O)c3ccccc3Cl)CC2)sc1C. The molecule has 1 aromatic heterocycles. The molecule has 1 aromatic carbocycles. The summed E-state index contributed by atoms with van der Waals surface area (Å²) < 4.78 is 0. The third-order valence-electron chi connectivity index (χ3n) is 4.28. The Morgan fingerprint density at radius 1 is 1.27 bits per heavy atom. The first kappa shape index (κ1) is 15.5. The summed E-state index contributed by atoms with van der Waals surface area (Å²) >= 11 is 7.92. The first-order valence-corrected chi connectivity index (χ1v) is 8.73. The van der Waals surface area contributed by atoms with Crippen molar-refractivity contribution < 1.29 is 4.79 Å². The zero-order valence-electron chi connectivity index (χ0n) is 12.8. The second-order valence-electron chi connectivity index (χ2n) is 5.74. The maximum absolute atomic E-state index is 12.6. The third-order valence-corrected chi connectivity index (χ3v) is 5.85. The molecule has 0 spiro atoms. The highest BCUT2D eigenvalue weighted by Gasteiger charge is 2.27. The lowest BCUT2D eigenvalue weighted by atomic mass is 9.97. The summed E-state index contributed by atoms with van der Waals surface area (Å²) in [6.45, 7) is 5.72. The molecule has 0 aliphatic carbocycles. The Hall–Kier alpha value is -1.39. The molecule has 3 rings (SSSR count). The number of carbonyl (C=O) groups excluding carboxylic acids is 1. The van der Waals surface area contributed by atoms with Gasteiger partial charge in [-0.25, -0.2) is 4.98 Å². The number of piperidine rings is 1. The lowest BCUT2D eigenvalue weighted by Gasteiger charge is -2.31. The molecular weight excluding hydrogens is 316 g/mol. The van der Waals surface area contributed by atoms with E-state index in [-0.39, 0.29) is 5.91 Å². The van der Waals surface area contributed by atoms with Gasteiger partial charge in [-0.2, -0.15) is 0 Å². The summed E-state index contributed by atoms with van der Waals surface area (Å²) in [4.78, 5) is 20.4. The summed E-state index contributed by atoms with van der Waals surface area (Å²) in [5.41, 5.74) is 1.73. The van der Waals surface area contributed by atoms with Gasteiger partial charge >= 0.3 is 0 Å². The van der Waals surface area contributed by atoms with Crippen molar-refractivity contribution >= 4 is 28.8 Å². The minimum atomic E-state index is 0.0375. The van der Waals surface area contributed by atoms with Crippen LogP contribution in [-0.2, 0) is 0 Å². The summed E-state index contributed by atoms with van der Waals surface area (Å²) in [7, 11) is 0. The van der Waals surface area contributed by atoms with Crippen molar-refractivity contribution in [1.82, 2.24) is 9.88 Å². The molecule has 5 heteroatoms. The number of amides is 1. The Kier molecular flexibility index (Phi) is 4.50. The maximum Gasteiger partial charge on any atom is 0.255 e. The van der Waals surface area contributed by atoms with Crippen molar-refractivity contribution in [3.05, 3.63) is 50.4 Å². The van der Waals surface area contributed by atoms with E-state index in [4.69, 9.17) is 11.6 Å². The lowest BCUT2D eigenvalue weighted by Crippen LogP contribution is -2.38. The highest BCUT2D eigenvalue weighted by molar-refractivity contribution is 7.11. The number of likely N-dealkylation sites (tertiary alicyclic amines) is 1. The topological polar surface area (TPSA) is 33.2 Å². The predicted molar refractivity (Wildman–Crippen MR) is 90.9 cm³/mol. The molecule has 0 N–H and O–H groups in total. The van der Waals surface area contributed by atoms with Gasteiger partial charge in [0, 0.05) is 23.9 Å². The number of nitrogens with zero attached hydrogens (tertiary/aromatic N) is 2. The fraction of sp³-hybridized carbons (Fsp3) is 0.412. The van der Waals surface area contributed by atoms with Gasteiger partial charge in [0.05, 0.1) is 21.3 Å². The quantitative estimate of drug-likeness (QED) is 0.813. The van der Waals surface area contributed by atoms with E-state index < -0.39 is 0 Å². The predicted octanol–water partition coefficient (Wildman–Crippen LogP) is 4.43. The van der Waals surface area contributed by atoms with E-state index in [1.807, 2.05) is 17.0 Å². The molecule has 1 aliphatic rings. The van der Waals surface area contributed by atoms with Gasteiger partial charge < -0.3 is 4.90 Å². The molecule has 3 nitrogen and oxygen atoms in total. The van der Waals surface area contributed by atoms with Crippen LogP contribution in [0.1, 0.15) is 44.7 Å². The molecule has 0 bridgehead atoms. The average Bonchev–Trinajstić information content (AvgIpc) is 2.87. The number of thiazole rings is 1. The van der Waals surface area contributed by atoms with E-state index in [1.165, 1.54) is 9.88 Å². The molecular formula is C17H19ClN2OS. The number of aryl methyl sites for hydroxylation is 2. The number of aromatic nitrogens is 1. The molecule has 22 heavy (non-hydrogen) atoms. The fourth-order valence-corrected chi connectivity index (χ4v) is 4.12. The summed E-state index contributed by atoms with van der Waals surface area (Å²) in [6.07, 6.45) is 1.95. The molecule has 1 aliphatic heterocycles. The molecule has 0 saturated carbocycles. The van der Waals surface area contributed by atoms with Crippen LogP contribution in [0.25, 0.3) is 0 Å². The van der Waals surface area contributed by atoms with Crippen LogP contribution in [0.4, 0.5) is 0 Å². The van der Waals surface area contributed by atoms with Gasteiger partial charge in [-0.15, -0.1) is 11.3 Å². The van der Waals surface area contributed by atoms with E-state index in [0.717, 1.165) is 31.6 Å². The summed E-state index contributed by atoms with van der Waals surface area (Å²) in [5, 5.41) is 1.75. The normalized spacial score (nSPS) is 16.0. The summed E-state index contributed by atoms with van der Waals surface area (Å²) in [6, 6.07) is 7.26. The molecule has 1 saturated heterocycles. The van der Waals surface area contributed by atoms with Crippen molar-refractivity contribution in [1.29, 1.82) is 0 Å². The van der Waals surface area contributed by atoms with Crippen LogP contribution in [0.15, 0.2) is 24.3 Å². The Bertz CT molecular complexity index is 670. The summed E-state index contributed by atoms with van der Waals surface area (Å²) in [5.74, 6) is 0.517. The van der Waals surface area contributed by atoms with Crippen LogP contribution in [-0.4, -0.2) is 28.9 Å². The van der Waals surface area contributed by atoms with E-state index in [0.29, 0.717) is 16.5 Å². The minimum absolute atomic E-state index is 0.0375. The van der Waals surface area contributed by atoms with E-state index >= 15 is 0 Å². The maximum atomic E-state index is 12.6. The monoisotopic (exact) mass is 334 g/mol.